The summed E-state index contributed by atoms with van der Waals surface area (Å²) in [5, 5.41) is 11.3. The minimum absolute atomic E-state index is 0.0477. The number of esters is 1. The van der Waals surface area contributed by atoms with Gasteiger partial charge in [-0.2, -0.15) is 0 Å². The molecule has 6 heteroatoms. The van der Waals surface area contributed by atoms with Gasteiger partial charge in [-0.05, 0) is 34.6 Å². The van der Waals surface area contributed by atoms with E-state index in [0.29, 0.717) is 5.57 Å². The summed E-state index contributed by atoms with van der Waals surface area (Å²) in [6, 6.07) is 0. The van der Waals surface area contributed by atoms with Gasteiger partial charge in [-0.25, -0.2) is 0 Å². The number of carbonyl (C=O) groups excluding carboxylic acids is 2. The monoisotopic (exact) mass is 285 g/mol. The molecule has 0 heterocycles. The second-order valence-electron chi connectivity index (χ2n) is 5.64. The highest BCUT2D eigenvalue weighted by Gasteiger charge is 2.17. The third kappa shape index (κ3) is 8.29. The minimum atomic E-state index is -1.07. The lowest BCUT2D eigenvalue weighted by Crippen LogP contribution is -2.31. The van der Waals surface area contributed by atoms with Crippen LogP contribution in [0.2, 0.25) is 0 Å². The Morgan fingerprint density at radius 2 is 1.70 bits per heavy atom. The van der Waals surface area contributed by atoms with Gasteiger partial charge in [-0.1, -0.05) is 5.57 Å². The number of ether oxygens (including phenoxy) is 1. The molecule has 0 aromatic heterocycles. The smallest absolute Gasteiger partial charge is 0.308 e. The quantitative estimate of drug-likeness (QED) is 0.571. The number of carboxylic acids is 1. The number of aliphatic carboxylic acids is 1. The maximum Gasteiger partial charge on any atom is 0.308 e. The Balaban J connectivity index is 4.32. The Hall–Kier alpha value is -1.85. The van der Waals surface area contributed by atoms with Gasteiger partial charge in [-0.15, -0.1) is 0 Å². The van der Waals surface area contributed by atoms with Crippen molar-refractivity contribution in [2.45, 2.75) is 53.1 Å². The van der Waals surface area contributed by atoms with Crippen LogP contribution in [-0.2, 0) is 19.1 Å². The van der Waals surface area contributed by atoms with E-state index < -0.39 is 23.4 Å². The molecular weight excluding hydrogens is 262 g/mol. The fourth-order valence-electron chi connectivity index (χ4n) is 1.41. The highest BCUT2D eigenvalue weighted by atomic mass is 16.6. The van der Waals surface area contributed by atoms with Crippen molar-refractivity contribution < 1.29 is 24.2 Å². The zero-order valence-corrected chi connectivity index (χ0v) is 12.7. The number of allylic oxidation sites excluding steroid dienone is 1. The SMILES string of the molecule is CC(C)=C(CC(=O)O)C(=O)NCCC(=O)OC(C)(C)C. The van der Waals surface area contributed by atoms with Crippen LogP contribution in [0.5, 0.6) is 0 Å². The van der Waals surface area contributed by atoms with Crippen LogP contribution < -0.4 is 5.32 Å². The highest BCUT2D eigenvalue weighted by Crippen LogP contribution is 2.09. The first kappa shape index (κ1) is 18.1. The first-order valence-electron chi connectivity index (χ1n) is 6.41. The number of hydrogen-bond donors (Lipinski definition) is 2. The van der Waals surface area contributed by atoms with Crippen LogP contribution in [0.25, 0.3) is 0 Å². The van der Waals surface area contributed by atoms with Crippen molar-refractivity contribution in [3.05, 3.63) is 11.1 Å². The average molecular weight is 285 g/mol. The van der Waals surface area contributed by atoms with Gasteiger partial charge in [0.2, 0.25) is 5.91 Å². The Morgan fingerprint density at radius 1 is 1.15 bits per heavy atom. The van der Waals surface area contributed by atoms with E-state index in [1.54, 1.807) is 34.6 Å². The van der Waals surface area contributed by atoms with Crippen LogP contribution >= 0.6 is 0 Å². The van der Waals surface area contributed by atoms with Crippen molar-refractivity contribution in [2.24, 2.45) is 0 Å². The van der Waals surface area contributed by atoms with Gasteiger partial charge in [0.05, 0.1) is 12.8 Å². The Labute approximate surface area is 119 Å². The number of amides is 1. The lowest BCUT2D eigenvalue weighted by atomic mass is 10.1. The van der Waals surface area contributed by atoms with E-state index in [1.807, 2.05) is 0 Å². The zero-order valence-electron chi connectivity index (χ0n) is 12.7. The second kappa shape index (κ2) is 7.67. The van der Waals surface area contributed by atoms with Gasteiger partial charge in [0.1, 0.15) is 5.60 Å². The number of carboxylic acid groups (broad SMARTS) is 1. The van der Waals surface area contributed by atoms with Crippen molar-refractivity contribution in [3.8, 4) is 0 Å². The summed E-state index contributed by atoms with van der Waals surface area (Å²) >= 11 is 0. The van der Waals surface area contributed by atoms with Gasteiger partial charge in [0, 0.05) is 12.1 Å². The Kier molecular flexibility index (Phi) is 6.96. The maximum absolute atomic E-state index is 11.8. The van der Waals surface area contributed by atoms with Gasteiger partial charge >= 0.3 is 11.9 Å². The van der Waals surface area contributed by atoms with Crippen molar-refractivity contribution in [1.29, 1.82) is 0 Å². The summed E-state index contributed by atoms with van der Waals surface area (Å²) in [7, 11) is 0. The summed E-state index contributed by atoms with van der Waals surface area (Å²) in [5.74, 6) is -1.94. The molecule has 6 nitrogen and oxygen atoms in total. The van der Waals surface area contributed by atoms with E-state index in [4.69, 9.17) is 9.84 Å². The van der Waals surface area contributed by atoms with E-state index in [9.17, 15) is 14.4 Å². The molecule has 0 aliphatic rings. The van der Waals surface area contributed by atoms with Crippen molar-refractivity contribution in [2.75, 3.05) is 6.54 Å². The Bertz CT molecular complexity index is 414. The summed E-state index contributed by atoms with van der Waals surface area (Å²) in [6.45, 7) is 8.74. The molecule has 0 aromatic rings. The normalized spacial score (nSPS) is 10.7. The topological polar surface area (TPSA) is 92.7 Å². The second-order valence-corrected chi connectivity index (χ2v) is 5.64. The molecule has 0 radical (unpaired) electrons. The van der Waals surface area contributed by atoms with Crippen molar-refractivity contribution in [3.63, 3.8) is 0 Å². The lowest BCUT2D eigenvalue weighted by molar-refractivity contribution is -0.154. The third-order valence-corrected chi connectivity index (χ3v) is 2.24. The van der Waals surface area contributed by atoms with Crippen LogP contribution in [0.3, 0.4) is 0 Å². The van der Waals surface area contributed by atoms with Crippen LogP contribution in [-0.4, -0.2) is 35.1 Å². The molecule has 114 valence electrons. The van der Waals surface area contributed by atoms with E-state index >= 15 is 0 Å². The highest BCUT2D eigenvalue weighted by molar-refractivity contribution is 5.98. The van der Waals surface area contributed by atoms with E-state index in [2.05, 4.69) is 5.32 Å². The Morgan fingerprint density at radius 3 is 2.10 bits per heavy atom. The number of carbonyl (C=O) groups is 3. The van der Waals surface area contributed by atoms with Crippen LogP contribution in [0.4, 0.5) is 0 Å². The molecule has 0 rings (SSSR count). The summed E-state index contributed by atoms with van der Waals surface area (Å²) in [6.07, 6.45) is -0.285. The number of rotatable bonds is 6. The molecular formula is C14H23NO5. The molecule has 0 atom stereocenters. The fourth-order valence-corrected chi connectivity index (χ4v) is 1.41. The molecule has 0 fully saturated rings. The summed E-state index contributed by atoms with van der Waals surface area (Å²) < 4.78 is 5.10. The molecule has 0 aliphatic heterocycles. The standard InChI is InChI=1S/C14H23NO5/c1-9(2)10(8-11(16)17)13(19)15-7-6-12(18)20-14(3,4)5/h6-8H2,1-5H3,(H,15,19)(H,16,17). The predicted molar refractivity (Wildman–Crippen MR) is 74.1 cm³/mol. The van der Waals surface area contributed by atoms with E-state index in [1.165, 1.54) is 0 Å². The third-order valence-electron chi connectivity index (χ3n) is 2.24. The number of nitrogens with one attached hydrogen (secondary N) is 1. The molecule has 20 heavy (non-hydrogen) atoms. The van der Waals surface area contributed by atoms with E-state index in [0.717, 1.165) is 0 Å². The molecule has 0 aliphatic carbocycles. The largest absolute Gasteiger partial charge is 0.481 e. The van der Waals surface area contributed by atoms with Gasteiger partial charge < -0.3 is 15.2 Å². The van der Waals surface area contributed by atoms with Crippen LogP contribution in [0, 0.1) is 0 Å². The van der Waals surface area contributed by atoms with E-state index in [-0.39, 0.29) is 25.0 Å². The first-order valence-corrected chi connectivity index (χ1v) is 6.41. The maximum atomic E-state index is 11.8. The van der Waals surface area contributed by atoms with Gasteiger partial charge in [-0.3, -0.25) is 14.4 Å². The zero-order chi connectivity index (χ0) is 15.9. The number of hydrogen-bond acceptors (Lipinski definition) is 4. The van der Waals surface area contributed by atoms with Crippen molar-refractivity contribution >= 4 is 17.8 Å². The predicted octanol–water partition coefficient (Wildman–Crippen LogP) is 1.65. The molecule has 0 saturated heterocycles. The molecule has 0 bridgehead atoms. The van der Waals surface area contributed by atoms with Crippen LogP contribution in [0.1, 0.15) is 47.5 Å². The minimum Gasteiger partial charge on any atom is -0.481 e. The molecule has 0 unspecified atom stereocenters. The molecule has 0 spiro atoms. The molecule has 1 amide bonds. The summed E-state index contributed by atoms with van der Waals surface area (Å²) in [4.78, 5) is 33.9. The fraction of sp³-hybridized carbons (Fsp3) is 0.643. The average Bonchev–Trinajstić information content (AvgIpc) is 2.22. The van der Waals surface area contributed by atoms with Crippen LogP contribution in [0.15, 0.2) is 11.1 Å². The molecule has 0 saturated carbocycles. The molecule has 0 aromatic carbocycles. The first-order chi connectivity index (χ1) is 9.03. The summed E-state index contributed by atoms with van der Waals surface area (Å²) in [5.41, 5.74) is 0.291. The van der Waals surface area contributed by atoms with Crippen molar-refractivity contribution in [1.82, 2.24) is 5.32 Å². The van der Waals surface area contributed by atoms with Gasteiger partial charge in [0.15, 0.2) is 0 Å². The molecule has 2 N–H and O–H groups in total. The van der Waals surface area contributed by atoms with Gasteiger partial charge in [0.25, 0.3) is 0 Å². The lowest BCUT2D eigenvalue weighted by Gasteiger charge is -2.19.